The number of hydrogen-bond acceptors (Lipinski definition) is 4. The molecule has 0 aromatic rings. The maximum atomic E-state index is 5.54. The summed E-state index contributed by atoms with van der Waals surface area (Å²) >= 11 is 1.28. The third-order valence-corrected chi connectivity index (χ3v) is 6.78. The van der Waals surface area contributed by atoms with E-state index >= 15 is 0 Å². The van der Waals surface area contributed by atoms with Gasteiger partial charge in [0.1, 0.15) is 0 Å². The van der Waals surface area contributed by atoms with Gasteiger partial charge in [-0.3, -0.25) is 0 Å². The first-order valence-electron chi connectivity index (χ1n) is 3.71. The van der Waals surface area contributed by atoms with Crippen molar-refractivity contribution in [1.82, 2.24) is 0 Å². The fourth-order valence-corrected chi connectivity index (χ4v) is 4.54. The molecule has 3 saturated heterocycles. The van der Waals surface area contributed by atoms with E-state index in [1.54, 1.807) is 7.11 Å². The van der Waals surface area contributed by atoms with Crippen molar-refractivity contribution in [3.63, 3.8) is 0 Å². The Kier molecular flexibility index (Phi) is 2.59. The molecule has 3 aliphatic rings. The number of rotatable bonds is 2. The van der Waals surface area contributed by atoms with Crippen LogP contribution in [0, 0.1) is 5.41 Å². The summed E-state index contributed by atoms with van der Waals surface area (Å²) in [7, 11) is 1.69. The molecule has 0 unspecified atom stereocenters. The zero-order valence-electron chi connectivity index (χ0n) is 6.82. The first-order valence-corrected chi connectivity index (χ1v) is 9.10. The fraction of sp³-hybridized carbons (Fsp3) is 1.00. The predicted octanol–water partition coefficient (Wildman–Crippen LogP) is 0.921. The Hall–Kier alpha value is 0.958. The summed E-state index contributed by atoms with van der Waals surface area (Å²) in [5, 5.41) is 0. The Labute approximate surface area is 81.9 Å². The van der Waals surface area contributed by atoms with E-state index in [0.29, 0.717) is 6.61 Å². The van der Waals surface area contributed by atoms with Crippen molar-refractivity contribution in [2.45, 2.75) is 0 Å². The van der Waals surface area contributed by atoms with Gasteiger partial charge in [0.25, 0.3) is 0 Å². The molecule has 0 radical (unpaired) electrons. The molecule has 0 saturated carbocycles. The van der Waals surface area contributed by atoms with Gasteiger partial charge in [-0.2, -0.15) is 0 Å². The average molecular weight is 362 g/mol. The van der Waals surface area contributed by atoms with Crippen LogP contribution in [0.5, 0.6) is 0 Å². The third kappa shape index (κ3) is 1.61. The van der Waals surface area contributed by atoms with Crippen LogP contribution < -0.4 is 0 Å². The van der Waals surface area contributed by atoms with Crippen LogP contribution in [0.1, 0.15) is 0 Å². The Morgan fingerprint density at radius 3 is 2.25 bits per heavy atom. The van der Waals surface area contributed by atoms with E-state index in [2.05, 4.69) is 0 Å². The quantitative estimate of drug-likeness (QED) is 0.685. The van der Waals surface area contributed by atoms with E-state index < -0.39 is 5.58 Å². The molecule has 0 aromatic heterocycles. The summed E-state index contributed by atoms with van der Waals surface area (Å²) in [6, 6.07) is 0. The van der Waals surface area contributed by atoms with Crippen molar-refractivity contribution in [3.05, 3.63) is 0 Å². The van der Waals surface area contributed by atoms with E-state index in [9.17, 15) is 0 Å². The van der Waals surface area contributed by atoms with Crippen LogP contribution in [0.2, 0.25) is 0 Å². The van der Waals surface area contributed by atoms with Crippen LogP contribution >= 0.6 is 5.58 Å². The molecule has 0 aromatic carbocycles. The molecule has 70 valence electrons. The molecule has 3 heterocycles. The Morgan fingerprint density at radius 2 is 1.83 bits per heavy atom. The minimum atomic E-state index is -1.82. The summed E-state index contributed by atoms with van der Waals surface area (Å²) in [5.41, 5.74) is -1.85. The van der Waals surface area contributed by atoms with Crippen LogP contribution in [0.3, 0.4) is 0 Å². The first-order chi connectivity index (χ1) is 5.68. The number of ether oxygens (including phenoxy) is 1. The van der Waals surface area contributed by atoms with Crippen LogP contribution in [-0.2, 0) is 37.1 Å². The van der Waals surface area contributed by atoms with Gasteiger partial charge in [0, 0.05) is 0 Å². The summed E-state index contributed by atoms with van der Waals surface area (Å²) < 4.78 is 21.7. The summed E-state index contributed by atoms with van der Waals surface area (Å²) in [6.45, 7) is 2.86. The standard InChI is InChI=1S/C6H11O4P.W/c1-7-2-6-3-8-11(9-4-6)10-5-6;/h2-5H2,1H3;. The fourth-order valence-electron chi connectivity index (χ4n) is 1.32. The van der Waals surface area contributed by atoms with Crippen LogP contribution in [0.25, 0.3) is 0 Å². The molecule has 6 heteroatoms. The monoisotopic (exact) mass is 362 g/mol. The van der Waals surface area contributed by atoms with E-state index in [-0.39, 0.29) is 5.41 Å². The molecule has 0 atom stereocenters. The van der Waals surface area contributed by atoms with Gasteiger partial charge in [0.2, 0.25) is 0 Å². The van der Waals surface area contributed by atoms with Crippen molar-refractivity contribution < 1.29 is 37.1 Å². The maximum absolute atomic E-state index is 5.54. The van der Waals surface area contributed by atoms with Gasteiger partial charge in [0.05, 0.1) is 0 Å². The Morgan fingerprint density at radius 1 is 1.33 bits per heavy atom. The predicted molar refractivity (Wildman–Crippen MR) is 39.1 cm³/mol. The molecule has 0 N–H and O–H groups in total. The minimum absolute atomic E-state index is 0.0358. The van der Waals surface area contributed by atoms with Crippen LogP contribution in [0.4, 0.5) is 0 Å². The number of methoxy groups -OCH3 is 1. The Balaban J connectivity index is 2.09. The molecule has 0 spiro atoms. The third-order valence-electron chi connectivity index (χ3n) is 2.04. The van der Waals surface area contributed by atoms with Crippen molar-refractivity contribution >= 4 is 5.58 Å². The molecule has 0 aliphatic carbocycles. The van der Waals surface area contributed by atoms with Gasteiger partial charge < -0.3 is 0 Å². The van der Waals surface area contributed by atoms with Gasteiger partial charge in [-0.15, -0.1) is 0 Å². The van der Waals surface area contributed by atoms with E-state index in [1.165, 1.54) is 18.8 Å². The van der Waals surface area contributed by atoms with E-state index in [4.69, 9.17) is 18.3 Å². The van der Waals surface area contributed by atoms with E-state index in [0.717, 1.165) is 19.8 Å². The van der Waals surface area contributed by atoms with Crippen LogP contribution in [-0.4, -0.2) is 33.5 Å². The van der Waals surface area contributed by atoms with Gasteiger partial charge in [-0.1, -0.05) is 0 Å². The molecular formula is C6H11O4PW. The van der Waals surface area contributed by atoms with Gasteiger partial charge in [-0.05, 0) is 0 Å². The molecule has 3 fully saturated rings. The normalized spacial score (nSPS) is 46.4. The first kappa shape index (κ1) is 9.51. The SMILES string of the molecule is COCC12CO[P](=[W])(OC1)OC2. The van der Waals surface area contributed by atoms with Crippen molar-refractivity contribution in [1.29, 1.82) is 0 Å². The summed E-state index contributed by atoms with van der Waals surface area (Å²) in [4.78, 5) is 0. The van der Waals surface area contributed by atoms with E-state index in [1.807, 2.05) is 0 Å². The second-order valence-electron chi connectivity index (χ2n) is 3.20. The van der Waals surface area contributed by atoms with Crippen molar-refractivity contribution in [2.75, 3.05) is 33.5 Å². The molecule has 2 bridgehead atoms. The molecule has 3 aliphatic heterocycles. The van der Waals surface area contributed by atoms with Crippen LogP contribution in [0.15, 0.2) is 0 Å². The molecule has 0 amide bonds. The molecule has 3 rings (SSSR count). The summed E-state index contributed by atoms with van der Waals surface area (Å²) in [6.07, 6.45) is 0. The zero-order valence-corrected chi connectivity index (χ0v) is 10.6. The van der Waals surface area contributed by atoms with Gasteiger partial charge >= 0.3 is 81.6 Å². The Bertz CT molecular complexity index is 200. The topological polar surface area (TPSA) is 36.9 Å². The second kappa shape index (κ2) is 3.27. The van der Waals surface area contributed by atoms with Crippen molar-refractivity contribution in [2.24, 2.45) is 5.41 Å². The number of hydrogen-bond donors (Lipinski definition) is 0. The summed E-state index contributed by atoms with van der Waals surface area (Å²) in [5.74, 6) is 0. The molecule has 12 heavy (non-hydrogen) atoms. The molecular weight excluding hydrogens is 351 g/mol. The average Bonchev–Trinajstić information content (AvgIpc) is 2.08. The second-order valence-corrected chi connectivity index (χ2v) is 9.69. The van der Waals surface area contributed by atoms with Gasteiger partial charge in [0.15, 0.2) is 0 Å². The van der Waals surface area contributed by atoms with Crippen molar-refractivity contribution in [3.8, 4) is 0 Å². The zero-order chi connectivity index (χ0) is 8.66. The molecule has 4 nitrogen and oxygen atoms in total. The number of fused-ring (bicyclic) bond motifs is 3. The van der Waals surface area contributed by atoms with Gasteiger partial charge in [-0.25, -0.2) is 0 Å².